The molecule has 0 amide bonds. The van der Waals surface area contributed by atoms with Gasteiger partial charge in [0.05, 0.1) is 5.56 Å². The fourth-order valence-electron chi connectivity index (χ4n) is 3.50. The summed E-state index contributed by atoms with van der Waals surface area (Å²) < 4.78 is 6.07. The van der Waals surface area contributed by atoms with E-state index in [1.165, 1.54) is 11.9 Å². The molecule has 1 aromatic heterocycles. The van der Waals surface area contributed by atoms with Crippen LogP contribution in [0, 0.1) is 5.41 Å². The van der Waals surface area contributed by atoms with Crippen molar-refractivity contribution in [3.05, 3.63) is 72.1 Å². The van der Waals surface area contributed by atoms with Crippen molar-refractivity contribution in [2.75, 3.05) is 36.8 Å². The number of nitrogen functional groups attached to an aromatic ring is 1. The second-order valence-electron chi connectivity index (χ2n) is 7.09. The van der Waals surface area contributed by atoms with Crippen molar-refractivity contribution in [1.82, 2.24) is 14.9 Å². The van der Waals surface area contributed by atoms with E-state index in [2.05, 4.69) is 47.8 Å². The molecule has 1 fully saturated rings. The van der Waals surface area contributed by atoms with Crippen molar-refractivity contribution in [2.45, 2.75) is 6.54 Å². The van der Waals surface area contributed by atoms with Gasteiger partial charge in [-0.2, -0.15) is 0 Å². The molecule has 1 aliphatic heterocycles. The van der Waals surface area contributed by atoms with E-state index in [9.17, 15) is 0 Å². The summed E-state index contributed by atoms with van der Waals surface area (Å²) in [6.45, 7) is 4.33. The summed E-state index contributed by atoms with van der Waals surface area (Å²) in [7, 11) is 0. The molecule has 0 spiro atoms. The Morgan fingerprint density at radius 2 is 1.63 bits per heavy atom. The lowest BCUT2D eigenvalue weighted by atomic mass is 10.2. The van der Waals surface area contributed by atoms with E-state index in [4.69, 9.17) is 15.9 Å². The number of benzene rings is 2. The van der Waals surface area contributed by atoms with E-state index in [0.717, 1.165) is 44.2 Å². The molecule has 0 bridgehead atoms. The quantitative estimate of drug-likeness (QED) is 0.535. The first kappa shape index (κ1) is 20.3. The van der Waals surface area contributed by atoms with Crippen LogP contribution in [-0.4, -0.2) is 45.7 Å². The zero-order chi connectivity index (χ0) is 20.9. The molecule has 4 rings (SSSR count). The Morgan fingerprint density at radius 1 is 0.967 bits per heavy atom. The van der Waals surface area contributed by atoms with Crippen molar-refractivity contribution in [2.24, 2.45) is 0 Å². The molecular weight excluding hydrogens is 444 g/mol. The highest BCUT2D eigenvalue weighted by Crippen LogP contribution is 2.26. The first-order valence-electron chi connectivity index (χ1n) is 9.74. The van der Waals surface area contributed by atoms with E-state index >= 15 is 0 Å². The van der Waals surface area contributed by atoms with Crippen LogP contribution in [0.25, 0.3) is 0 Å². The lowest BCUT2D eigenvalue weighted by molar-refractivity contribution is 0.249. The molecule has 2 heterocycles. The summed E-state index contributed by atoms with van der Waals surface area (Å²) in [6, 6.07) is 18.0. The van der Waals surface area contributed by atoms with Crippen molar-refractivity contribution in [3.8, 4) is 11.5 Å². The maximum Gasteiger partial charge on any atom is 0.144 e. The molecular formula is C22H23BrN6O. The number of rotatable bonds is 6. The molecule has 0 saturated carbocycles. The predicted molar refractivity (Wildman–Crippen MR) is 123 cm³/mol. The smallest absolute Gasteiger partial charge is 0.144 e. The molecule has 3 aromatic rings. The summed E-state index contributed by atoms with van der Waals surface area (Å²) >= 11 is 3.21. The van der Waals surface area contributed by atoms with E-state index in [0.29, 0.717) is 17.2 Å². The van der Waals surface area contributed by atoms with Gasteiger partial charge in [0.1, 0.15) is 34.1 Å². The average Bonchev–Trinajstić information content (AvgIpc) is 2.76. The van der Waals surface area contributed by atoms with Crippen LogP contribution >= 0.6 is 15.9 Å². The molecule has 0 radical (unpaired) electrons. The maximum atomic E-state index is 7.92. The lowest BCUT2D eigenvalue weighted by Gasteiger charge is -2.36. The number of halogens is 1. The minimum Gasteiger partial charge on any atom is -0.457 e. The minimum absolute atomic E-state index is 0.204. The van der Waals surface area contributed by atoms with Gasteiger partial charge in [-0.15, -0.1) is 0 Å². The van der Waals surface area contributed by atoms with Gasteiger partial charge in [-0.3, -0.25) is 10.3 Å². The standard InChI is InChI=1S/C22H23BrN6O/c23-20(24)19-21(25)26-15-27-22(19)29-12-10-28(11-13-29)14-16-6-8-18(9-7-16)30-17-4-2-1-3-5-17/h1-9,15,24H,10-14H2,(H2,25,26,27). The number of nitrogens with zero attached hydrogens (tertiary/aromatic N) is 4. The molecule has 8 heteroatoms. The number of aromatic nitrogens is 2. The van der Waals surface area contributed by atoms with Crippen LogP contribution in [0.3, 0.4) is 0 Å². The number of nitrogens with two attached hydrogens (primary N) is 1. The van der Waals surface area contributed by atoms with Crippen molar-refractivity contribution >= 4 is 32.2 Å². The Labute approximate surface area is 184 Å². The van der Waals surface area contributed by atoms with E-state index in [1.807, 2.05) is 42.5 Å². The molecule has 1 saturated heterocycles. The van der Waals surface area contributed by atoms with Crippen LogP contribution in [0.2, 0.25) is 0 Å². The number of para-hydroxylation sites is 1. The van der Waals surface area contributed by atoms with Gasteiger partial charge in [0.25, 0.3) is 0 Å². The van der Waals surface area contributed by atoms with Crippen LogP contribution in [0.15, 0.2) is 60.9 Å². The van der Waals surface area contributed by atoms with Gasteiger partial charge in [0, 0.05) is 32.7 Å². The normalized spacial score (nSPS) is 14.5. The van der Waals surface area contributed by atoms with Crippen molar-refractivity contribution in [1.29, 1.82) is 5.41 Å². The van der Waals surface area contributed by atoms with Crippen LogP contribution < -0.4 is 15.4 Å². The number of anilines is 2. The molecule has 0 atom stereocenters. The highest BCUT2D eigenvalue weighted by molar-refractivity contribution is 9.18. The Hall–Kier alpha value is -2.97. The van der Waals surface area contributed by atoms with Gasteiger partial charge in [-0.1, -0.05) is 30.3 Å². The monoisotopic (exact) mass is 466 g/mol. The molecule has 1 aliphatic rings. The first-order valence-corrected chi connectivity index (χ1v) is 10.5. The highest BCUT2D eigenvalue weighted by Gasteiger charge is 2.23. The SMILES string of the molecule is N=C(Br)c1c(N)ncnc1N1CCN(Cc2ccc(Oc3ccccc3)cc2)CC1. The number of nitrogens with one attached hydrogen (secondary N) is 1. The zero-order valence-electron chi connectivity index (χ0n) is 16.5. The Morgan fingerprint density at radius 3 is 2.30 bits per heavy atom. The van der Waals surface area contributed by atoms with Crippen LogP contribution in [0.1, 0.15) is 11.1 Å². The molecule has 154 valence electrons. The molecule has 3 N–H and O–H groups in total. The van der Waals surface area contributed by atoms with Gasteiger partial charge in [0.2, 0.25) is 0 Å². The number of hydrogen-bond acceptors (Lipinski definition) is 7. The van der Waals surface area contributed by atoms with E-state index < -0.39 is 0 Å². The van der Waals surface area contributed by atoms with Gasteiger partial charge < -0.3 is 15.4 Å². The van der Waals surface area contributed by atoms with Crippen LogP contribution in [-0.2, 0) is 6.54 Å². The number of ether oxygens (including phenoxy) is 1. The van der Waals surface area contributed by atoms with Gasteiger partial charge in [-0.05, 0) is 45.8 Å². The summed E-state index contributed by atoms with van der Waals surface area (Å²) in [4.78, 5) is 13.0. The number of hydrogen-bond donors (Lipinski definition) is 2. The largest absolute Gasteiger partial charge is 0.457 e. The summed E-state index contributed by atoms with van der Waals surface area (Å²) in [5, 5.41) is 7.92. The Balaban J connectivity index is 1.34. The predicted octanol–water partition coefficient (Wildman–Crippen LogP) is 3.89. The van der Waals surface area contributed by atoms with Gasteiger partial charge >= 0.3 is 0 Å². The number of piperazine rings is 1. The topological polar surface area (TPSA) is 91.4 Å². The van der Waals surface area contributed by atoms with Crippen molar-refractivity contribution in [3.63, 3.8) is 0 Å². The molecule has 2 aromatic carbocycles. The minimum atomic E-state index is 0.204. The molecule has 0 unspecified atom stereocenters. The third-order valence-corrected chi connectivity index (χ3v) is 5.45. The second kappa shape index (κ2) is 9.23. The fourth-order valence-corrected chi connectivity index (χ4v) is 3.88. The van der Waals surface area contributed by atoms with Gasteiger partial charge in [-0.25, -0.2) is 9.97 Å². The summed E-state index contributed by atoms with van der Waals surface area (Å²) in [5.74, 6) is 2.71. The van der Waals surface area contributed by atoms with Gasteiger partial charge in [0.15, 0.2) is 0 Å². The third-order valence-electron chi connectivity index (χ3n) is 5.06. The Kier molecular flexibility index (Phi) is 6.25. The van der Waals surface area contributed by atoms with Crippen LogP contribution in [0.5, 0.6) is 11.5 Å². The molecule has 0 aliphatic carbocycles. The van der Waals surface area contributed by atoms with Crippen molar-refractivity contribution < 1.29 is 4.74 Å². The first-order chi connectivity index (χ1) is 14.6. The fraction of sp³-hybridized carbons (Fsp3) is 0.227. The van der Waals surface area contributed by atoms with Crippen LogP contribution in [0.4, 0.5) is 11.6 Å². The second-order valence-corrected chi connectivity index (χ2v) is 7.89. The van der Waals surface area contributed by atoms with E-state index in [1.54, 1.807) is 0 Å². The summed E-state index contributed by atoms with van der Waals surface area (Å²) in [6.07, 6.45) is 1.45. The lowest BCUT2D eigenvalue weighted by Crippen LogP contribution is -2.46. The summed E-state index contributed by atoms with van der Waals surface area (Å²) in [5.41, 5.74) is 7.75. The molecule has 30 heavy (non-hydrogen) atoms. The maximum absolute atomic E-state index is 7.92. The average molecular weight is 467 g/mol. The third kappa shape index (κ3) is 4.77. The Bertz CT molecular complexity index is 1000. The highest BCUT2D eigenvalue weighted by atomic mass is 79.9. The zero-order valence-corrected chi connectivity index (χ0v) is 18.0. The van der Waals surface area contributed by atoms with E-state index in [-0.39, 0.29) is 4.62 Å². The molecule has 7 nitrogen and oxygen atoms in total.